The van der Waals surface area contributed by atoms with Gasteiger partial charge < -0.3 is 5.11 Å². The molecule has 14 heavy (non-hydrogen) atoms. The second-order valence-corrected chi connectivity index (χ2v) is 3.87. The fourth-order valence-electron chi connectivity index (χ4n) is 1.21. The number of aliphatic hydroxyl groups excluding tert-OH is 1. The second kappa shape index (κ2) is 4.30. The van der Waals surface area contributed by atoms with Gasteiger partial charge >= 0.3 is 0 Å². The Labute approximate surface area is 86.1 Å². The van der Waals surface area contributed by atoms with Crippen LogP contribution in [0.4, 0.5) is 0 Å². The molecule has 4 heteroatoms. The van der Waals surface area contributed by atoms with Crippen molar-refractivity contribution in [3.05, 3.63) is 46.2 Å². The number of hydrogen-bond donors (Lipinski definition) is 1. The largest absolute Gasteiger partial charge is 0.389 e. The Morgan fingerprint density at radius 3 is 2.71 bits per heavy atom. The van der Waals surface area contributed by atoms with Crippen molar-refractivity contribution < 1.29 is 5.11 Å². The van der Waals surface area contributed by atoms with E-state index in [2.05, 4.69) is 9.97 Å². The van der Waals surface area contributed by atoms with Crippen molar-refractivity contribution >= 4 is 11.3 Å². The molecule has 0 radical (unpaired) electrons. The van der Waals surface area contributed by atoms with Gasteiger partial charge in [-0.25, -0.2) is 4.98 Å². The first-order valence-electron chi connectivity index (χ1n) is 4.31. The Bertz CT molecular complexity index is 400. The molecule has 2 aromatic rings. The van der Waals surface area contributed by atoms with Gasteiger partial charge in [-0.05, 0) is 17.7 Å². The lowest BCUT2D eigenvalue weighted by Gasteiger charge is -1.95. The Balaban J connectivity index is 2.11. The minimum absolute atomic E-state index is 0.0288. The summed E-state index contributed by atoms with van der Waals surface area (Å²) in [6.07, 6.45) is 4.35. The lowest BCUT2D eigenvalue weighted by Crippen LogP contribution is -1.89. The lowest BCUT2D eigenvalue weighted by atomic mass is 10.2. The molecule has 0 aliphatic heterocycles. The summed E-state index contributed by atoms with van der Waals surface area (Å²) in [6.45, 7) is 0.0288. The zero-order valence-corrected chi connectivity index (χ0v) is 8.37. The molecular weight excluding hydrogens is 196 g/mol. The van der Waals surface area contributed by atoms with Crippen molar-refractivity contribution in [3.63, 3.8) is 0 Å². The molecule has 2 rings (SSSR count). The van der Waals surface area contributed by atoms with E-state index in [9.17, 15) is 0 Å². The van der Waals surface area contributed by atoms with Crippen molar-refractivity contribution in [2.24, 2.45) is 0 Å². The average molecular weight is 206 g/mol. The number of aliphatic hydroxyl groups is 1. The van der Waals surface area contributed by atoms with Crippen LogP contribution in [0.2, 0.25) is 0 Å². The Hall–Kier alpha value is -1.26. The van der Waals surface area contributed by atoms with E-state index in [1.165, 1.54) is 16.9 Å². The summed E-state index contributed by atoms with van der Waals surface area (Å²) < 4.78 is 0. The zero-order valence-electron chi connectivity index (χ0n) is 7.55. The molecule has 0 saturated heterocycles. The van der Waals surface area contributed by atoms with Crippen LogP contribution >= 0.6 is 11.3 Å². The molecule has 2 aromatic heterocycles. The van der Waals surface area contributed by atoms with Crippen molar-refractivity contribution in [1.29, 1.82) is 0 Å². The predicted molar refractivity (Wildman–Crippen MR) is 55.1 cm³/mol. The van der Waals surface area contributed by atoms with Crippen LogP contribution < -0.4 is 0 Å². The first-order valence-corrected chi connectivity index (χ1v) is 5.19. The van der Waals surface area contributed by atoms with E-state index in [1.54, 1.807) is 12.4 Å². The molecule has 0 amide bonds. The first kappa shape index (κ1) is 9.30. The highest BCUT2D eigenvalue weighted by molar-refractivity contribution is 7.09. The van der Waals surface area contributed by atoms with Crippen LogP contribution in [0.15, 0.2) is 29.9 Å². The molecule has 2 heterocycles. The number of thiazole rings is 1. The van der Waals surface area contributed by atoms with Crippen molar-refractivity contribution in [3.8, 4) is 0 Å². The Morgan fingerprint density at radius 2 is 2.07 bits per heavy atom. The van der Waals surface area contributed by atoms with E-state index >= 15 is 0 Å². The maximum atomic E-state index is 8.85. The lowest BCUT2D eigenvalue weighted by molar-refractivity contribution is 0.281. The predicted octanol–water partition coefficient (Wildman–Crippen LogP) is 1.62. The third-order valence-electron chi connectivity index (χ3n) is 1.87. The molecule has 0 spiro atoms. The van der Waals surface area contributed by atoms with E-state index in [0.717, 1.165) is 17.1 Å². The van der Waals surface area contributed by atoms with Gasteiger partial charge in [0, 0.05) is 24.2 Å². The summed E-state index contributed by atoms with van der Waals surface area (Å²) in [4.78, 5) is 8.22. The fraction of sp³-hybridized carbons (Fsp3) is 0.200. The molecule has 0 unspecified atom stereocenters. The van der Waals surface area contributed by atoms with Gasteiger partial charge in [-0.15, -0.1) is 11.3 Å². The van der Waals surface area contributed by atoms with Crippen LogP contribution in [0.3, 0.4) is 0 Å². The SMILES string of the molecule is OCc1nc(Cc2ccncc2)cs1. The van der Waals surface area contributed by atoms with Crippen LogP contribution in [0, 0.1) is 0 Å². The molecule has 0 aliphatic rings. The number of rotatable bonds is 3. The highest BCUT2D eigenvalue weighted by Gasteiger charge is 2.01. The summed E-state index contributed by atoms with van der Waals surface area (Å²) in [5, 5.41) is 11.6. The van der Waals surface area contributed by atoms with E-state index in [-0.39, 0.29) is 6.61 Å². The highest BCUT2D eigenvalue weighted by atomic mass is 32.1. The third-order valence-corrected chi connectivity index (χ3v) is 2.75. The van der Waals surface area contributed by atoms with Crippen molar-refractivity contribution in [2.75, 3.05) is 0 Å². The summed E-state index contributed by atoms with van der Waals surface area (Å²) in [6, 6.07) is 3.94. The van der Waals surface area contributed by atoms with Gasteiger partial charge in [0.25, 0.3) is 0 Å². The average Bonchev–Trinajstić information content (AvgIpc) is 2.67. The van der Waals surface area contributed by atoms with Gasteiger partial charge in [0.2, 0.25) is 0 Å². The van der Waals surface area contributed by atoms with Crippen LogP contribution in [-0.2, 0) is 13.0 Å². The maximum Gasteiger partial charge on any atom is 0.118 e. The minimum atomic E-state index is 0.0288. The summed E-state index contributed by atoms with van der Waals surface area (Å²) in [5.41, 5.74) is 2.19. The zero-order chi connectivity index (χ0) is 9.80. The number of aromatic nitrogens is 2. The van der Waals surface area contributed by atoms with Crippen LogP contribution in [0.25, 0.3) is 0 Å². The normalized spacial score (nSPS) is 10.4. The van der Waals surface area contributed by atoms with Crippen LogP contribution in [-0.4, -0.2) is 15.1 Å². The van der Waals surface area contributed by atoms with Gasteiger partial charge in [0.1, 0.15) is 5.01 Å². The van der Waals surface area contributed by atoms with Gasteiger partial charge in [-0.2, -0.15) is 0 Å². The standard InChI is InChI=1S/C10H10N2OS/c13-6-10-12-9(7-14-10)5-8-1-3-11-4-2-8/h1-4,7,13H,5-6H2. The van der Waals surface area contributed by atoms with Crippen molar-refractivity contribution in [2.45, 2.75) is 13.0 Å². The molecule has 0 aliphatic carbocycles. The molecule has 0 aromatic carbocycles. The van der Waals surface area contributed by atoms with Gasteiger partial charge in [0.15, 0.2) is 0 Å². The smallest absolute Gasteiger partial charge is 0.118 e. The maximum absolute atomic E-state index is 8.85. The minimum Gasteiger partial charge on any atom is -0.389 e. The van der Waals surface area contributed by atoms with Gasteiger partial charge in [-0.3, -0.25) is 4.98 Å². The number of pyridine rings is 1. The van der Waals surface area contributed by atoms with E-state index in [4.69, 9.17) is 5.11 Å². The van der Waals surface area contributed by atoms with E-state index < -0.39 is 0 Å². The number of hydrogen-bond acceptors (Lipinski definition) is 4. The van der Waals surface area contributed by atoms with Crippen molar-refractivity contribution in [1.82, 2.24) is 9.97 Å². The molecule has 3 nitrogen and oxygen atoms in total. The highest BCUT2D eigenvalue weighted by Crippen LogP contribution is 2.13. The Kier molecular flexibility index (Phi) is 2.86. The molecule has 0 bridgehead atoms. The monoisotopic (exact) mass is 206 g/mol. The number of nitrogens with zero attached hydrogens (tertiary/aromatic N) is 2. The third kappa shape index (κ3) is 2.16. The van der Waals surface area contributed by atoms with Crippen LogP contribution in [0.5, 0.6) is 0 Å². The molecule has 0 saturated carbocycles. The molecule has 0 fully saturated rings. The summed E-state index contributed by atoms with van der Waals surface area (Å²) in [5.74, 6) is 0. The van der Waals surface area contributed by atoms with Gasteiger partial charge in [0.05, 0.1) is 12.3 Å². The molecule has 1 N–H and O–H groups in total. The Morgan fingerprint density at radius 1 is 1.29 bits per heavy atom. The summed E-state index contributed by atoms with van der Waals surface area (Å²) >= 11 is 1.49. The molecule has 72 valence electrons. The summed E-state index contributed by atoms with van der Waals surface area (Å²) in [7, 11) is 0. The van der Waals surface area contributed by atoms with E-state index in [0.29, 0.717) is 0 Å². The van der Waals surface area contributed by atoms with Crippen LogP contribution in [0.1, 0.15) is 16.3 Å². The quantitative estimate of drug-likeness (QED) is 0.830. The van der Waals surface area contributed by atoms with Gasteiger partial charge in [-0.1, -0.05) is 0 Å². The topological polar surface area (TPSA) is 46.0 Å². The molecule has 0 atom stereocenters. The second-order valence-electron chi connectivity index (χ2n) is 2.92. The van der Waals surface area contributed by atoms with E-state index in [1.807, 2.05) is 17.5 Å². The molecular formula is C10H10N2OS. The fourth-order valence-corrected chi connectivity index (χ4v) is 1.87. The first-order chi connectivity index (χ1) is 6.88.